The first kappa shape index (κ1) is 12.4. The van der Waals surface area contributed by atoms with Crippen LogP contribution >= 0.6 is 15.9 Å². The zero-order valence-electron chi connectivity index (χ0n) is 8.56. The summed E-state index contributed by atoms with van der Waals surface area (Å²) >= 11 is 3.41. The standard InChI is InChI=1S/C9H20BrNO/c1-9(2,12-4)5-7-11(3)8-6-10/h5-8H2,1-4H3. The minimum atomic E-state index is 0.0145. The van der Waals surface area contributed by atoms with E-state index in [9.17, 15) is 0 Å². The highest BCUT2D eigenvalue weighted by Crippen LogP contribution is 2.12. The van der Waals surface area contributed by atoms with Gasteiger partial charge >= 0.3 is 0 Å². The van der Waals surface area contributed by atoms with E-state index in [1.807, 2.05) is 0 Å². The molecule has 0 aliphatic heterocycles. The minimum Gasteiger partial charge on any atom is -0.379 e. The Labute approximate surface area is 84.4 Å². The Hall–Kier alpha value is 0.400. The number of alkyl halides is 1. The molecule has 0 aromatic rings. The molecular weight excluding hydrogens is 218 g/mol. The molecule has 0 heterocycles. The summed E-state index contributed by atoms with van der Waals surface area (Å²) in [6.45, 7) is 6.43. The van der Waals surface area contributed by atoms with Gasteiger partial charge in [0.15, 0.2) is 0 Å². The van der Waals surface area contributed by atoms with Crippen molar-refractivity contribution in [2.75, 3.05) is 32.6 Å². The van der Waals surface area contributed by atoms with Gasteiger partial charge in [0.2, 0.25) is 0 Å². The molecular formula is C9H20BrNO. The molecule has 0 aromatic heterocycles. The van der Waals surface area contributed by atoms with E-state index in [4.69, 9.17) is 4.74 Å². The molecule has 0 saturated carbocycles. The number of nitrogens with zero attached hydrogens (tertiary/aromatic N) is 1. The van der Waals surface area contributed by atoms with Crippen LogP contribution in [0.2, 0.25) is 0 Å². The summed E-state index contributed by atoms with van der Waals surface area (Å²) in [6.07, 6.45) is 1.08. The van der Waals surface area contributed by atoms with E-state index in [0.29, 0.717) is 0 Å². The molecule has 12 heavy (non-hydrogen) atoms. The van der Waals surface area contributed by atoms with Gasteiger partial charge in [-0.2, -0.15) is 0 Å². The summed E-state index contributed by atoms with van der Waals surface area (Å²) in [4.78, 5) is 2.30. The van der Waals surface area contributed by atoms with Crippen molar-refractivity contribution in [3.05, 3.63) is 0 Å². The Balaban J connectivity index is 3.52. The maximum Gasteiger partial charge on any atom is 0.0634 e. The monoisotopic (exact) mass is 237 g/mol. The van der Waals surface area contributed by atoms with Crippen molar-refractivity contribution in [3.8, 4) is 0 Å². The third kappa shape index (κ3) is 5.98. The fourth-order valence-electron chi connectivity index (χ4n) is 0.818. The number of halogens is 1. The highest BCUT2D eigenvalue weighted by atomic mass is 79.9. The SMILES string of the molecule is COC(C)(C)CCN(C)CCBr. The van der Waals surface area contributed by atoms with Crippen molar-refractivity contribution in [2.45, 2.75) is 25.9 Å². The second kappa shape index (κ2) is 5.95. The van der Waals surface area contributed by atoms with E-state index in [-0.39, 0.29) is 5.60 Å². The third-order valence-corrected chi connectivity index (χ3v) is 2.47. The molecule has 0 aliphatic carbocycles. The van der Waals surface area contributed by atoms with Gasteiger partial charge in [-0.25, -0.2) is 0 Å². The molecule has 3 heteroatoms. The largest absolute Gasteiger partial charge is 0.379 e. The summed E-state index contributed by atoms with van der Waals surface area (Å²) in [5.74, 6) is 0. The van der Waals surface area contributed by atoms with Crippen LogP contribution in [0.4, 0.5) is 0 Å². The van der Waals surface area contributed by atoms with Crippen LogP contribution in [-0.4, -0.2) is 43.1 Å². The minimum absolute atomic E-state index is 0.0145. The number of methoxy groups -OCH3 is 1. The predicted octanol–water partition coefficient (Wildman–Crippen LogP) is 2.13. The van der Waals surface area contributed by atoms with Crippen LogP contribution in [0.15, 0.2) is 0 Å². The maximum atomic E-state index is 5.33. The second-order valence-corrected chi connectivity index (χ2v) is 4.50. The normalized spacial score (nSPS) is 12.5. The Morgan fingerprint density at radius 2 is 1.92 bits per heavy atom. The van der Waals surface area contributed by atoms with Crippen molar-refractivity contribution < 1.29 is 4.74 Å². The Kier molecular flexibility index (Phi) is 6.14. The molecule has 0 amide bonds. The van der Waals surface area contributed by atoms with Gasteiger partial charge in [0.25, 0.3) is 0 Å². The summed E-state index contributed by atoms with van der Waals surface area (Å²) in [5, 5.41) is 1.04. The van der Waals surface area contributed by atoms with E-state index in [1.54, 1.807) is 7.11 Å². The fourth-order valence-corrected chi connectivity index (χ4v) is 1.42. The molecule has 0 aliphatic rings. The van der Waals surface area contributed by atoms with Gasteiger partial charge in [-0.05, 0) is 27.3 Å². The highest BCUT2D eigenvalue weighted by molar-refractivity contribution is 9.09. The van der Waals surface area contributed by atoms with Crippen molar-refractivity contribution >= 4 is 15.9 Å². The molecule has 0 radical (unpaired) electrons. The van der Waals surface area contributed by atoms with E-state index in [2.05, 4.69) is 41.7 Å². The number of rotatable bonds is 6. The molecule has 0 aromatic carbocycles. The van der Waals surface area contributed by atoms with Crippen molar-refractivity contribution in [1.82, 2.24) is 4.90 Å². The van der Waals surface area contributed by atoms with Gasteiger partial charge in [-0.1, -0.05) is 15.9 Å². The van der Waals surface area contributed by atoms with Crippen LogP contribution in [0.3, 0.4) is 0 Å². The summed E-state index contributed by atoms with van der Waals surface area (Å²) < 4.78 is 5.33. The molecule has 0 fully saturated rings. The molecule has 0 N–H and O–H groups in total. The third-order valence-electron chi connectivity index (χ3n) is 2.11. The van der Waals surface area contributed by atoms with Crippen molar-refractivity contribution in [3.63, 3.8) is 0 Å². The van der Waals surface area contributed by atoms with Crippen molar-refractivity contribution in [1.29, 1.82) is 0 Å². The van der Waals surface area contributed by atoms with Gasteiger partial charge in [-0.3, -0.25) is 0 Å². The Morgan fingerprint density at radius 1 is 1.33 bits per heavy atom. The van der Waals surface area contributed by atoms with E-state index in [1.165, 1.54) is 0 Å². The first-order valence-corrected chi connectivity index (χ1v) is 5.43. The Bertz CT molecular complexity index is 117. The molecule has 0 spiro atoms. The predicted molar refractivity (Wildman–Crippen MR) is 57.0 cm³/mol. The van der Waals surface area contributed by atoms with Gasteiger partial charge < -0.3 is 9.64 Å². The van der Waals surface area contributed by atoms with E-state index < -0.39 is 0 Å². The summed E-state index contributed by atoms with van der Waals surface area (Å²) in [7, 11) is 3.90. The zero-order chi connectivity index (χ0) is 9.61. The Morgan fingerprint density at radius 3 is 2.33 bits per heavy atom. The molecule has 0 atom stereocenters. The summed E-state index contributed by atoms with van der Waals surface area (Å²) in [6, 6.07) is 0. The first-order valence-electron chi connectivity index (χ1n) is 4.31. The number of hydrogen-bond acceptors (Lipinski definition) is 2. The number of hydrogen-bond donors (Lipinski definition) is 0. The lowest BCUT2D eigenvalue weighted by atomic mass is 10.1. The molecule has 0 saturated heterocycles. The van der Waals surface area contributed by atoms with Crippen LogP contribution in [0.25, 0.3) is 0 Å². The first-order chi connectivity index (χ1) is 5.52. The highest BCUT2D eigenvalue weighted by Gasteiger charge is 2.16. The average Bonchev–Trinajstić information content (AvgIpc) is 2.02. The van der Waals surface area contributed by atoms with E-state index >= 15 is 0 Å². The van der Waals surface area contributed by atoms with Gasteiger partial charge in [0, 0.05) is 25.5 Å². The second-order valence-electron chi connectivity index (χ2n) is 3.71. The van der Waals surface area contributed by atoms with Crippen LogP contribution in [-0.2, 0) is 4.74 Å². The van der Waals surface area contributed by atoms with Gasteiger partial charge in [0.05, 0.1) is 5.60 Å². The topological polar surface area (TPSA) is 12.5 Å². The quantitative estimate of drug-likeness (QED) is 0.657. The molecule has 0 unspecified atom stereocenters. The zero-order valence-corrected chi connectivity index (χ0v) is 10.1. The van der Waals surface area contributed by atoms with Gasteiger partial charge in [-0.15, -0.1) is 0 Å². The summed E-state index contributed by atoms with van der Waals surface area (Å²) in [5.41, 5.74) is 0.0145. The van der Waals surface area contributed by atoms with Crippen LogP contribution in [0.1, 0.15) is 20.3 Å². The van der Waals surface area contributed by atoms with Crippen LogP contribution < -0.4 is 0 Å². The number of ether oxygens (including phenoxy) is 1. The molecule has 0 rings (SSSR count). The lowest BCUT2D eigenvalue weighted by Crippen LogP contribution is -2.31. The lowest BCUT2D eigenvalue weighted by molar-refractivity contribution is 0.00952. The fraction of sp³-hybridized carbons (Fsp3) is 1.00. The average molecular weight is 238 g/mol. The lowest BCUT2D eigenvalue weighted by Gasteiger charge is -2.25. The molecule has 0 bridgehead atoms. The maximum absolute atomic E-state index is 5.33. The van der Waals surface area contributed by atoms with Crippen LogP contribution in [0, 0.1) is 0 Å². The smallest absolute Gasteiger partial charge is 0.0634 e. The van der Waals surface area contributed by atoms with Crippen molar-refractivity contribution in [2.24, 2.45) is 0 Å². The van der Waals surface area contributed by atoms with Crippen LogP contribution in [0.5, 0.6) is 0 Å². The van der Waals surface area contributed by atoms with E-state index in [0.717, 1.165) is 24.8 Å². The molecule has 2 nitrogen and oxygen atoms in total. The molecule has 74 valence electrons. The van der Waals surface area contributed by atoms with Gasteiger partial charge in [0.1, 0.15) is 0 Å².